The van der Waals surface area contributed by atoms with Gasteiger partial charge in [-0.3, -0.25) is 4.79 Å². The maximum Gasteiger partial charge on any atom is 0.344 e. The number of nitrogens with one attached hydrogen (secondary N) is 1. The molecular weight excluding hydrogens is 354 g/mol. The minimum Gasteiger partial charge on any atom is -0.482 e. The Morgan fingerprint density at radius 1 is 1.04 bits per heavy atom. The van der Waals surface area contributed by atoms with E-state index in [1.165, 1.54) is 24.0 Å². The van der Waals surface area contributed by atoms with Gasteiger partial charge in [-0.25, -0.2) is 4.79 Å². The van der Waals surface area contributed by atoms with E-state index >= 15 is 0 Å². The predicted octanol–water partition coefficient (Wildman–Crippen LogP) is 3.67. The highest BCUT2D eigenvalue weighted by atomic mass is 16.6. The number of hydrogen-bond acceptors (Lipinski definition) is 4. The minimum atomic E-state index is -0.570. The molecule has 1 amide bonds. The van der Waals surface area contributed by atoms with Crippen molar-refractivity contribution in [2.24, 2.45) is 0 Å². The summed E-state index contributed by atoms with van der Waals surface area (Å²) >= 11 is 0. The highest BCUT2D eigenvalue weighted by molar-refractivity contribution is 5.81. The van der Waals surface area contributed by atoms with Gasteiger partial charge in [0, 0.05) is 0 Å². The molecule has 0 saturated carbocycles. The van der Waals surface area contributed by atoms with Gasteiger partial charge in [-0.05, 0) is 67.9 Å². The van der Waals surface area contributed by atoms with Gasteiger partial charge < -0.3 is 14.8 Å². The second-order valence-electron chi connectivity index (χ2n) is 7.24. The first kappa shape index (κ1) is 19.9. The molecule has 0 fully saturated rings. The molecule has 1 atom stereocenters. The summed E-state index contributed by atoms with van der Waals surface area (Å²) in [5, 5.41) is 2.88. The number of carbonyl (C=O) groups excluding carboxylic acids is 2. The van der Waals surface area contributed by atoms with E-state index in [2.05, 4.69) is 23.5 Å². The summed E-state index contributed by atoms with van der Waals surface area (Å²) in [6, 6.07) is 13.7. The average Bonchev–Trinajstić information content (AvgIpc) is 2.71. The third-order valence-corrected chi connectivity index (χ3v) is 5.05. The summed E-state index contributed by atoms with van der Waals surface area (Å²) < 4.78 is 10.4. The van der Waals surface area contributed by atoms with Crippen molar-refractivity contribution in [3.8, 4) is 5.75 Å². The predicted molar refractivity (Wildman–Crippen MR) is 107 cm³/mol. The van der Waals surface area contributed by atoms with Gasteiger partial charge in [-0.15, -0.1) is 0 Å². The van der Waals surface area contributed by atoms with Crippen molar-refractivity contribution in [2.45, 2.75) is 45.6 Å². The molecule has 0 saturated heterocycles. The molecular formula is C23H27NO4. The van der Waals surface area contributed by atoms with Crippen LogP contribution in [0.1, 0.15) is 48.1 Å². The molecule has 0 bridgehead atoms. The highest BCUT2D eigenvalue weighted by Crippen LogP contribution is 2.24. The van der Waals surface area contributed by atoms with Crippen molar-refractivity contribution in [3.63, 3.8) is 0 Å². The third-order valence-electron chi connectivity index (χ3n) is 5.05. The van der Waals surface area contributed by atoms with Crippen LogP contribution in [-0.4, -0.2) is 25.1 Å². The Bertz CT molecular complexity index is 846. The van der Waals surface area contributed by atoms with Crippen LogP contribution in [-0.2, 0) is 27.2 Å². The molecule has 1 aliphatic carbocycles. The number of rotatable bonds is 7. The summed E-state index contributed by atoms with van der Waals surface area (Å²) in [7, 11) is 0. The first-order valence-electron chi connectivity index (χ1n) is 9.78. The van der Waals surface area contributed by atoms with Gasteiger partial charge in [0.2, 0.25) is 0 Å². The average molecular weight is 381 g/mol. The molecule has 1 N–H and O–H groups in total. The molecule has 2 aromatic rings. The fourth-order valence-corrected chi connectivity index (χ4v) is 3.43. The summed E-state index contributed by atoms with van der Waals surface area (Å²) in [6.07, 6.45) is 4.70. The number of fused-ring (bicyclic) bond motifs is 1. The number of aryl methyl sites for hydroxylation is 3. The SMILES string of the molecule is Cc1ccccc1OCC(=O)OCC(=O)N[C@@H](C)c1ccc2c(c1)CCCC2. The summed E-state index contributed by atoms with van der Waals surface area (Å²) in [4.78, 5) is 23.9. The Balaban J connectivity index is 1.43. The fourth-order valence-electron chi connectivity index (χ4n) is 3.43. The Morgan fingerprint density at radius 3 is 2.57 bits per heavy atom. The van der Waals surface area contributed by atoms with Crippen LogP contribution in [0.25, 0.3) is 0 Å². The van der Waals surface area contributed by atoms with Crippen LogP contribution in [0.4, 0.5) is 0 Å². The molecule has 1 aliphatic rings. The van der Waals surface area contributed by atoms with E-state index in [0.29, 0.717) is 5.75 Å². The van der Waals surface area contributed by atoms with Crippen LogP contribution in [0.5, 0.6) is 5.75 Å². The first-order chi connectivity index (χ1) is 13.5. The van der Waals surface area contributed by atoms with Gasteiger partial charge in [0.15, 0.2) is 13.2 Å². The third kappa shape index (κ3) is 5.35. The number of carbonyl (C=O) groups is 2. The van der Waals surface area contributed by atoms with Crippen molar-refractivity contribution in [3.05, 3.63) is 64.7 Å². The number of hydrogen-bond donors (Lipinski definition) is 1. The van der Waals surface area contributed by atoms with Gasteiger partial charge in [-0.2, -0.15) is 0 Å². The van der Waals surface area contributed by atoms with Crippen LogP contribution in [0.3, 0.4) is 0 Å². The number of amides is 1. The lowest BCUT2D eigenvalue weighted by Crippen LogP contribution is -2.32. The zero-order chi connectivity index (χ0) is 19.9. The molecule has 5 nitrogen and oxygen atoms in total. The summed E-state index contributed by atoms with van der Waals surface area (Å²) in [6.45, 7) is 3.30. The molecule has 0 aromatic heterocycles. The van der Waals surface area contributed by atoms with Crippen LogP contribution in [0.2, 0.25) is 0 Å². The van der Waals surface area contributed by atoms with E-state index < -0.39 is 5.97 Å². The van der Waals surface area contributed by atoms with Crippen LogP contribution in [0.15, 0.2) is 42.5 Å². The van der Waals surface area contributed by atoms with E-state index in [0.717, 1.165) is 24.0 Å². The van der Waals surface area contributed by atoms with Crippen molar-refractivity contribution < 1.29 is 19.1 Å². The lowest BCUT2D eigenvalue weighted by Gasteiger charge is -2.20. The smallest absolute Gasteiger partial charge is 0.344 e. The molecule has 0 radical (unpaired) electrons. The second-order valence-corrected chi connectivity index (χ2v) is 7.24. The topological polar surface area (TPSA) is 64.6 Å². The van der Waals surface area contributed by atoms with Gasteiger partial charge in [0.1, 0.15) is 5.75 Å². The quantitative estimate of drug-likeness (QED) is 0.743. The van der Waals surface area contributed by atoms with Gasteiger partial charge in [0.05, 0.1) is 6.04 Å². The zero-order valence-electron chi connectivity index (χ0n) is 16.5. The van der Waals surface area contributed by atoms with Crippen molar-refractivity contribution >= 4 is 11.9 Å². The fraction of sp³-hybridized carbons (Fsp3) is 0.391. The number of esters is 1. The van der Waals surface area contributed by atoms with Gasteiger partial charge in [-0.1, -0.05) is 36.4 Å². The summed E-state index contributed by atoms with van der Waals surface area (Å²) in [5.74, 6) is -0.265. The maximum absolute atomic E-state index is 12.1. The minimum absolute atomic E-state index is 0.137. The molecule has 0 unspecified atom stereocenters. The molecule has 5 heteroatoms. The Kier molecular flexibility index (Phi) is 6.69. The molecule has 0 spiro atoms. The Hall–Kier alpha value is -2.82. The van der Waals surface area contributed by atoms with Gasteiger partial charge >= 0.3 is 5.97 Å². The lowest BCUT2D eigenvalue weighted by molar-refractivity contribution is -0.150. The zero-order valence-corrected chi connectivity index (χ0v) is 16.5. The van der Waals surface area contributed by atoms with E-state index in [9.17, 15) is 9.59 Å². The van der Waals surface area contributed by atoms with E-state index in [-0.39, 0.29) is 25.2 Å². The highest BCUT2D eigenvalue weighted by Gasteiger charge is 2.15. The largest absolute Gasteiger partial charge is 0.482 e. The normalized spacial score (nSPS) is 13.9. The summed E-state index contributed by atoms with van der Waals surface area (Å²) in [5.41, 5.74) is 4.80. The van der Waals surface area contributed by atoms with Crippen LogP contribution >= 0.6 is 0 Å². The molecule has 2 aromatic carbocycles. The van der Waals surface area contributed by atoms with Crippen molar-refractivity contribution in [2.75, 3.05) is 13.2 Å². The molecule has 0 heterocycles. The number of para-hydroxylation sites is 1. The van der Waals surface area contributed by atoms with Crippen molar-refractivity contribution in [1.29, 1.82) is 0 Å². The second kappa shape index (κ2) is 9.40. The van der Waals surface area contributed by atoms with E-state index in [1.807, 2.05) is 32.0 Å². The Labute approximate surface area is 166 Å². The monoisotopic (exact) mass is 381 g/mol. The Morgan fingerprint density at radius 2 is 1.79 bits per heavy atom. The number of ether oxygens (including phenoxy) is 2. The molecule has 3 rings (SSSR count). The lowest BCUT2D eigenvalue weighted by atomic mass is 9.89. The van der Waals surface area contributed by atoms with Crippen LogP contribution in [0, 0.1) is 6.92 Å². The number of benzene rings is 2. The van der Waals surface area contributed by atoms with Crippen molar-refractivity contribution in [1.82, 2.24) is 5.32 Å². The molecule has 148 valence electrons. The van der Waals surface area contributed by atoms with E-state index in [4.69, 9.17) is 9.47 Å². The standard InChI is InChI=1S/C23H27NO4/c1-16-7-3-6-10-21(16)27-15-23(26)28-14-22(25)24-17(2)19-12-11-18-8-4-5-9-20(18)13-19/h3,6-7,10-13,17H,4-5,8-9,14-15H2,1-2H3,(H,24,25)/t17-/m0/s1. The molecule has 28 heavy (non-hydrogen) atoms. The first-order valence-corrected chi connectivity index (χ1v) is 9.78. The van der Waals surface area contributed by atoms with E-state index in [1.54, 1.807) is 6.07 Å². The maximum atomic E-state index is 12.1. The molecule has 0 aliphatic heterocycles. The van der Waals surface area contributed by atoms with Crippen LogP contribution < -0.4 is 10.1 Å². The van der Waals surface area contributed by atoms with Gasteiger partial charge in [0.25, 0.3) is 5.91 Å².